The van der Waals surface area contributed by atoms with Gasteiger partial charge in [0, 0.05) is 24.7 Å². The van der Waals surface area contributed by atoms with Crippen LogP contribution in [0.3, 0.4) is 0 Å². The number of benzene rings is 1. The molecular formula is C19H21N3O4. The first-order chi connectivity index (χ1) is 12.5. The van der Waals surface area contributed by atoms with Crippen molar-refractivity contribution in [1.29, 1.82) is 0 Å². The molecule has 7 heteroatoms. The molecule has 1 saturated heterocycles. The molecule has 1 unspecified atom stereocenters. The summed E-state index contributed by atoms with van der Waals surface area (Å²) in [6.07, 6.45) is 2.29. The van der Waals surface area contributed by atoms with E-state index in [-0.39, 0.29) is 17.6 Å². The molecule has 2 aromatic rings. The van der Waals surface area contributed by atoms with Crippen LogP contribution in [0.1, 0.15) is 45.0 Å². The van der Waals surface area contributed by atoms with Crippen LogP contribution in [0.25, 0.3) is 0 Å². The zero-order valence-corrected chi connectivity index (χ0v) is 14.9. The number of aryl methyl sites for hydroxylation is 2. The highest BCUT2D eigenvalue weighted by atomic mass is 16.5. The quantitative estimate of drug-likeness (QED) is 0.890. The summed E-state index contributed by atoms with van der Waals surface area (Å²) in [5.74, 6) is 0.618. The molecule has 1 N–H and O–H groups in total. The molecule has 7 nitrogen and oxygen atoms in total. The monoisotopic (exact) mass is 355 g/mol. The van der Waals surface area contributed by atoms with E-state index >= 15 is 0 Å². The average molecular weight is 355 g/mol. The van der Waals surface area contributed by atoms with E-state index in [0.29, 0.717) is 30.1 Å². The van der Waals surface area contributed by atoms with Crippen LogP contribution in [0, 0.1) is 6.92 Å². The summed E-state index contributed by atoms with van der Waals surface area (Å²) in [5, 5.41) is 6.95. The molecule has 136 valence electrons. The number of rotatable bonds is 2. The van der Waals surface area contributed by atoms with Crippen molar-refractivity contribution in [2.24, 2.45) is 0 Å². The van der Waals surface area contributed by atoms with Gasteiger partial charge in [0.1, 0.15) is 5.75 Å². The molecule has 2 amide bonds. The molecule has 1 aromatic carbocycles. The van der Waals surface area contributed by atoms with Gasteiger partial charge in [-0.15, -0.1) is 0 Å². The predicted octanol–water partition coefficient (Wildman–Crippen LogP) is 1.95. The maximum atomic E-state index is 12.8. The van der Waals surface area contributed by atoms with Crippen molar-refractivity contribution in [2.75, 3.05) is 20.2 Å². The fourth-order valence-electron chi connectivity index (χ4n) is 3.83. The molecule has 26 heavy (non-hydrogen) atoms. The normalized spacial score (nSPS) is 22.1. The van der Waals surface area contributed by atoms with Crippen LogP contribution >= 0.6 is 0 Å². The maximum absolute atomic E-state index is 12.8. The lowest BCUT2D eigenvalue weighted by molar-refractivity contribution is 0.0726. The third-order valence-electron chi connectivity index (χ3n) is 5.29. The zero-order valence-electron chi connectivity index (χ0n) is 14.9. The van der Waals surface area contributed by atoms with Crippen molar-refractivity contribution in [2.45, 2.75) is 31.7 Å². The number of hydrogen-bond acceptors (Lipinski definition) is 5. The molecule has 1 aromatic heterocycles. The zero-order chi connectivity index (χ0) is 18.3. The Balaban J connectivity index is 1.54. The fraction of sp³-hybridized carbons (Fsp3) is 0.421. The molecule has 0 bridgehead atoms. The van der Waals surface area contributed by atoms with E-state index < -0.39 is 5.54 Å². The van der Waals surface area contributed by atoms with E-state index in [9.17, 15) is 9.59 Å². The highest BCUT2D eigenvalue weighted by molar-refractivity contribution is 5.97. The molecule has 2 aliphatic heterocycles. The van der Waals surface area contributed by atoms with Gasteiger partial charge in [-0.1, -0.05) is 11.2 Å². The molecule has 2 aliphatic rings. The van der Waals surface area contributed by atoms with Gasteiger partial charge in [-0.3, -0.25) is 9.59 Å². The first-order valence-electron chi connectivity index (χ1n) is 8.72. The number of carbonyl (C=O) groups is 2. The van der Waals surface area contributed by atoms with Crippen LogP contribution < -0.4 is 10.1 Å². The number of hydrogen-bond donors (Lipinski definition) is 1. The van der Waals surface area contributed by atoms with E-state index in [1.807, 2.05) is 12.1 Å². The Kier molecular flexibility index (Phi) is 3.94. The van der Waals surface area contributed by atoms with Gasteiger partial charge in [-0.2, -0.15) is 0 Å². The van der Waals surface area contributed by atoms with Gasteiger partial charge in [0.05, 0.1) is 18.3 Å². The number of ether oxygens (including phenoxy) is 1. The van der Waals surface area contributed by atoms with Crippen LogP contribution in [0.15, 0.2) is 28.8 Å². The minimum absolute atomic E-state index is 0.110. The molecule has 0 saturated carbocycles. The Morgan fingerprint density at radius 2 is 2.19 bits per heavy atom. The van der Waals surface area contributed by atoms with Crippen molar-refractivity contribution in [3.8, 4) is 5.75 Å². The molecule has 0 radical (unpaired) electrons. The van der Waals surface area contributed by atoms with Gasteiger partial charge in [0.2, 0.25) is 5.76 Å². The van der Waals surface area contributed by atoms with Gasteiger partial charge in [0.15, 0.2) is 0 Å². The molecule has 4 rings (SSSR count). The number of fused-ring (bicyclic) bond motifs is 1. The minimum Gasteiger partial charge on any atom is -0.497 e. The van der Waals surface area contributed by atoms with Crippen molar-refractivity contribution < 1.29 is 18.8 Å². The van der Waals surface area contributed by atoms with Crippen molar-refractivity contribution in [1.82, 2.24) is 15.4 Å². The maximum Gasteiger partial charge on any atom is 0.292 e. The third kappa shape index (κ3) is 2.83. The number of aromatic nitrogens is 1. The summed E-state index contributed by atoms with van der Waals surface area (Å²) in [5.41, 5.74) is 1.93. The summed E-state index contributed by atoms with van der Waals surface area (Å²) in [7, 11) is 1.59. The molecule has 1 fully saturated rings. The summed E-state index contributed by atoms with van der Waals surface area (Å²) in [4.78, 5) is 27.1. The summed E-state index contributed by atoms with van der Waals surface area (Å²) >= 11 is 0. The SMILES string of the molecule is COc1ccc2c(c1)C(=O)NC1(CC2)CCN(C(=O)c2cc(C)no2)C1. The van der Waals surface area contributed by atoms with E-state index in [0.717, 1.165) is 24.8 Å². The number of carbonyl (C=O) groups excluding carboxylic acids is 2. The molecule has 0 aliphatic carbocycles. The Morgan fingerprint density at radius 1 is 1.35 bits per heavy atom. The molecule has 1 spiro atoms. The smallest absolute Gasteiger partial charge is 0.292 e. The first-order valence-corrected chi connectivity index (χ1v) is 8.72. The van der Waals surface area contributed by atoms with Crippen LogP contribution in [-0.2, 0) is 6.42 Å². The second-order valence-corrected chi connectivity index (χ2v) is 7.07. The molecule has 1 atom stereocenters. The minimum atomic E-state index is -0.409. The predicted molar refractivity (Wildman–Crippen MR) is 93.3 cm³/mol. The molecule has 3 heterocycles. The Hall–Kier alpha value is -2.83. The van der Waals surface area contributed by atoms with Crippen LogP contribution in [-0.4, -0.2) is 47.6 Å². The Bertz CT molecular complexity index is 875. The van der Waals surface area contributed by atoms with Gasteiger partial charge < -0.3 is 19.5 Å². The number of likely N-dealkylation sites (tertiary alicyclic amines) is 1. The van der Waals surface area contributed by atoms with Gasteiger partial charge >= 0.3 is 0 Å². The number of nitrogens with zero attached hydrogens (tertiary/aromatic N) is 2. The van der Waals surface area contributed by atoms with E-state index in [2.05, 4.69) is 10.5 Å². The Labute approximate surface area is 151 Å². The van der Waals surface area contributed by atoms with Gasteiger partial charge in [-0.05, 0) is 43.9 Å². The highest BCUT2D eigenvalue weighted by Gasteiger charge is 2.43. The first kappa shape index (κ1) is 16.6. The third-order valence-corrected chi connectivity index (χ3v) is 5.29. The van der Waals surface area contributed by atoms with Crippen molar-refractivity contribution >= 4 is 11.8 Å². The van der Waals surface area contributed by atoms with Crippen LogP contribution in [0.5, 0.6) is 5.75 Å². The van der Waals surface area contributed by atoms with E-state index in [1.165, 1.54) is 0 Å². The standard InChI is InChI=1S/C19H21N3O4/c1-12-9-16(26-21-12)18(24)22-8-7-19(11-22)6-5-13-3-4-14(25-2)10-15(13)17(23)20-19/h3-4,9-10H,5-8,11H2,1-2H3,(H,20,23). The van der Waals surface area contributed by atoms with E-state index in [4.69, 9.17) is 9.26 Å². The number of methoxy groups -OCH3 is 1. The average Bonchev–Trinajstić information content (AvgIpc) is 3.23. The Morgan fingerprint density at radius 3 is 2.92 bits per heavy atom. The topological polar surface area (TPSA) is 84.7 Å². The second-order valence-electron chi connectivity index (χ2n) is 7.07. The van der Waals surface area contributed by atoms with Gasteiger partial charge in [0.25, 0.3) is 11.8 Å². The lowest BCUT2D eigenvalue weighted by atomic mass is 9.91. The fourth-order valence-corrected chi connectivity index (χ4v) is 3.83. The van der Waals surface area contributed by atoms with Crippen molar-refractivity contribution in [3.63, 3.8) is 0 Å². The van der Waals surface area contributed by atoms with Crippen molar-refractivity contribution in [3.05, 3.63) is 46.8 Å². The highest BCUT2D eigenvalue weighted by Crippen LogP contribution is 2.32. The van der Waals surface area contributed by atoms with E-state index in [1.54, 1.807) is 31.1 Å². The molecular weight excluding hydrogens is 334 g/mol. The van der Waals surface area contributed by atoms with Gasteiger partial charge in [-0.25, -0.2) is 0 Å². The summed E-state index contributed by atoms with van der Waals surface area (Å²) < 4.78 is 10.3. The van der Waals surface area contributed by atoms with Crippen LogP contribution in [0.2, 0.25) is 0 Å². The summed E-state index contributed by atoms with van der Waals surface area (Å²) in [6.45, 7) is 2.84. The number of nitrogens with one attached hydrogen (secondary N) is 1. The lowest BCUT2D eigenvalue weighted by Gasteiger charge is -2.28. The second kappa shape index (κ2) is 6.16. The largest absolute Gasteiger partial charge is 0.497 e. The summed E-state index contributed by atoms with van der Waals surface area (Å²) in [6, 6.07) is 7.24. The number of amides is 2. The van der Waals surface area contributed by atoms with Crippen LogP contribution in [0.4, 0.5) is 0 Å². The lowest BCUT2D eigenvalue weighted by Crippen LogP contribution is -2.50.